The van der Waals surface area contributed by atoms with Crippen molar-refractivity contribution in [1.82, 2.24) is 10.2 Å². The van der Waals surface area contributed by atoms with E-state index in [0.29, 0.717) is 23.8 Å². The summed E-state index contributed by atoms with van der Waals surface area (Å²) < 4.78 is 0. The second-order valence-electron chi connectivity index (χ2n) is 5.58. The summed E-state index contributed by atoms with van der Waals surface area (Å²) >= 11 is 0. The van der Waals surface area contributed by atoms with Crippen molar-refractivity contribution in [2.75, 3.05) is 25.4 Å². The minimum absolute atomic E-state index is 0.0743. The number of nitrogen functional groups attached to an aromatic ring is 1. The minimum Gasteiger partial charge on any atom is -0.398 e. The molecule has 1 unspecified atom stereocenters. The molecule has 0 aromatic heterocycles. The van der Waals surface area contributed by atoms with E-state index in [-0.39, 0.29) is 5.91 Å². The van der Waals surface area contributed by atoms with Crippen LogP contribution in [0.4, 0.5) is 5.69 Å². The van der Waals surface area contributed by atoms with Crippen molar-refractivity contribution in [3.8, 4) is 0 Å². The molecule has 1 aromatic carbocycles. The van der Waals surface area contributed by atoms with Gasteiger partial charge in [0.1, 0.15) is 0 Å². The van der Waals surface area contributed by atoms with Crippen molar-refractivity contribution in [3.05, 3.63) is 29.8 Å². The molecule has 0 aliphatic carbocycles. The standard InChI is InChI=1S/C16H25N3O/c1-13-7-4-5-11-19(13)12-6-10-18-16(20)14-8-2-3-9-15(14)17/h2-3,8-9,13H,4-7,10-12,17H2,1H3,(H,18,20). The molecule has 1 heterocycles. The van der Waals surface area contributed by atoms with Crippen LogP contribution >= 0.6 is 0 Å². The molecule has 1 aromatic rings. The van der Waals surface area contributed by atoms with Crippen molar-refractivity contribution < 1.29 is 4.79 Å². The van der Waals surface area contributed by atoms with Crippen LogP contribution < -0.4 is 11.1 Å². The molecule has 0 radical (unpaired) electrons. The van der Waals surface area contributed by atoms with Crippen molar-refractivity contribution in [2.24, 2.45) is 0 Å². The third-order valence-electron chi connectivity index (χ3n) is 4.05. The van der Waals surface area contributed by atoms with Gasteiger partial charge in [0, 0.05) is 24.8 Å². The highest BCUT2D eigenvalue weighted by Crippen LogP contribution is 2.16. The Hall–Kier alpha value is -1.55. The van der Waals surface area contributed by atoms with E-state index in [1.54, 1.807) is 12.1 Å². The normalized spacial score (nSPS) is 19.8. The molecule has 1 fully saturated rings. The van der Waals surface area contributed by atoms with Crippen molar-refractivity contribution >= 4 is 11.6 Å². The van der Waals surface area contributed by atoms with E-state index in [4.69, 9.17) is 5.73 Å². The molecule has 3 N–H and O–H groups in total. The zero-order chi connectivity index (χ0) is 14.4. The number of nitrogens with one attached hydrogen (secondary N) is 1. The number of anilines is 1. The van der Waals surface area contributed by atoms with Gasteiger partial charge in [0.2, 0.25) is 0 Å². The lowest BCUT2D eigenvalue weighted by Gasteiger charge is -2.33. The molecule has 0 bridgehead atoms. The second kappa shape index (κ2) is 7.29. The predicted molar refractivity (Wildman–Crippen MR) is 82.7 cm³/mol. The van der Waals surface area contributed by atoms with Crippen LogP contribution in [0.25, 0.3) is 0 Å². The van der Waals surface area contributed by atoms with Gasteiger partial charge in [-0.1, -0.05) is 18.6 Å². The minimum atomic E-state index is -0.0743. The van der Waals surface area contributed by atoms with Gasteiger partial charge in [0.15, 0.2) is 0 Å². The van der Waals surface area contributed by atoms with Crippen LogP contribution in [0.5, 0.6) is 0 Å². The largest absolute Gasteiger partial charge is 0.398 e. The number of carbonyl (C=O) groups excluding carboxylic acids is 1. The van der Waals surface area contributed by atoms with Crippen LogP contribution in [0.1, 0.15) is 43.0 Å². The van der Waals surface area contributed by atoms with Crippen LogP contribution in [-0.4, -0.2) is 36.5 Å². The summed E-state index contributed by atoms with van der Waals surface area (Å²) in [5.74, 6) is -0.0743. The van der Waals surface area contributed by atoms with Crippen molar-refractivity contribution in [1.29, 1.82) is 0 Å². The van der Waals surface area contributed by atoms with Crippen LogP contribution in [0.2, 0.25) is 0 Å². The monoisotopic (exact) mass is 275 g/mol. The van der Waals surface area contributed by atoms with Gasteiger partial charge < -0.3 is 16.0 Å². The van der Waals surface area contributed by atoms with E-state index in [9.17, 15) is 4.79 Å². The maximum absolute atomic E-state index is 12.0. The quantitative estimate of drug-likeness (QED) is 0.640. The fourth-order valence-electron chi connectivity index (χ4n) is 2.77. The zero-order valence-corrected chi connectivity index (χ0v) is 12.3. The number of benzene rings is 1. The van der Waals surface area contributed by atoms with E-state index in [1.807, 2.05) is 12.1 Å². The van der Waals surface area contributed by atoms with Gasteiger partial charge in [-0.3, -0.25) is 4.79 Å². The summed E-state index contributed by atoms with van der Waals surface area (Å²) in [4.78, 5) is 14.5. The number of amides is 1. The zero-order valence-electron chi connectivity index (χ0n) is 12.3. The number of nitrogens with zero attached hydrogens (tertiary/aromatic N) is 1. The third kappa shape index (κ3) is 3.97. The number of piperidine rings is 1. The van der Waals surface area contributed by atoms with E-state index >= 15 is 0 Å². The average Bonchev–Trinajstić information content (AvgIpc) is 2.45. The Morgan fingerprint density at radius 3 is 2.95 bits per heavy atom. The van der Waals surface area contributed by atoms with E-state index in [2.05, 4.69) is 17.1 Å². The van der Waals surface area contributed by atoms with Crippen LogP contribution in [-0.2, 0) is 0 Å². The molecule has 1 aliphatic rings. The van der Waals surface area contributed by atoms with Crippen molar-refractivity contribution in [3.63, 3.8) is 0 Å². The first-order chi connectivity index (χ1) is 9.68. The molecule has 0 spiro atoms. The van der Waals surface area contributed by atoms with Crippen molar-refractivity contribution in [2.45, 2.75) is 38.6 Å². The molecule has 2 rings (SSSR count). The number of para-hydroxylation sites is 1. The van der Waals surface area contributed by atoms with E-state index < -0.39 is 0 Å². The smallest absolute Gasteiger partial charge is 0.253 e. The first kappa shape index (κ1) is 14.9. The van der Waals surface area contributed by atoms with Gasteiger partial charge >= 0.3 is 0 Å². The number of hydrogen-bond donors (Lipinski definition) is 2. The fourth-order valence-corrected chi connectivity index (χ4v) is 2.77. The Labute approximate surface area is 121 Å². The van der Waals surface area contributed by atoms with Gasteiger partial charge in [-0.05, 0) is 44.9 Å². The molecule has 1 amide bonds. The Morgan fingerprint density at radius 1 is 1.40 bits per heavy atom. The third-order valence-corrected chi connectivity index (χ3v) is 4.05. The Balaban J connectivity index is 1.71. The topological polar surface area (TPSA) is 58.4 Å². The van der Waals surface area contributed by atoms with Crippen LogP contribution in [0.15, 0.2) is 24.3 Å². The van der Waals surface area contributed by atoms with Gasteiger partial charge in [0.25, 0.3) is 5.91 Å². The maximum Gasteiger partial charge on any atom is 0.253 e. The van der Waals surface area contributed by atoms with E-state index in [1.165, 1.54) is 25.8 Å². The van der Waals surface area contributed by atoms with Gasteiger partial charge in [-0.2, -0.15) is 0 Å². The fraction of sp³-hybridized carbons (Fsp3) is 0.562. The van der Waals surface area contributed by atoms with Gasteiger partial charge in [-0.15, -0.1) is 0 Å². The van der Waals surface area contributed by atoms with Crippen LogP contribution in [0.3, 0.4) is 0 Å². The predicted octanol–water partition coefficient (Wildman–Crippen LogP) is 2.26. The number of hydrogen-bond acceptors (Lipinski definition) is 3. The summed E-state index contributed by atoms with van der Waals surface area (Å²) in [6, 6.07) is 7.87. The first-order valence-electron chi connectivity index (χ1n) is 7.55. The second-order valence-corrected chi connectivity index (χ2v) is 5.58. The molecule has 4 heteroatoms. The lowest BCUT2D eigenvalue weighted by molar-refractivity contribution is 0.0950. The highest BCUT2D eigenvalue weighted by molar-refractivity contribution is 5.98. The molecular formula is C16H25N3O. The molecule has 0 saturated carbocycles. The molecule has 110 valence electrons. The lowest BCUT2D eigenvalue weighted by atomic mass is 10.0. The maximum atomic E-state index is 12.0. The summed E-state index contributed by atoms with van der Waals surface area (Å²) in [5.41, 5.74) is 6.90. The van der Waals surface area contributed by atoms with Gasteiger partial charge in [-0.25, -0.2) is 0 Å². The lowest BCUT2D eigenvalue weighted by Crippen LogP contribution is -2.39. The molecule has 1 saturated heterocycles. The molecular weight excluding hydrogens is 250 g/mol. The SMILES string of the molecule is CC1CCCCN1CCCNC(=O)c1ccccc1N. The Morgan fingerprint density at radius 2 is 2.20 bits per heavy atom. The summed E-state index contributed by atoms with van der Waals surface area (Å²) in [5, 5.41) is 2.95. The molecule has 4 nitrogen and oxygen atoms in total. The number of carbonyl (C=O) groups is 1. The Bertz CT molecular complexity index is 447. The van der Waals surface area contributed by atoms with Gasteiger partial charge in [0.05, 0.1) is 5.56 Å². The average molecular weight is 275 g/mol. The Kier molecular flexibility index (Phi) is 5.41. The number of nitrogens with two attached hydrogens (primary N) is 1. The van der Waals surface area contributed by atoms with Crippen LogP contribution in [0, 0.1) is 0 Å². The molecule has 1 aliphatic heterocycles. The summed E-state index contributed by atoms with van der Waals surface area (Å²) in [6.07, 6.45) is 4.94. The molecule has 1 atom stereocenters. The van der Waals surface area contributed by atoms with E-state index in [0.717, 1.165) is 13.0 Å². The highest BCUT2D eigenvalue weighted by Gasteiger charge is 2.17. The number of likely N-dealkylation sites (tertiary alicyclic amines) is 1. The summed E-state index contributed by atoms with van der Waals surface area (Å²) in [6.45, 7) is 5.26. The highest BCUT2D eigenvalue weighted by atomic mass is 16.1. The number of rotatable bonds is 5. The summed E-state index contributed by atoms with van der Waals surface area (Å²) in [7, 11) is 0. The molecule has 20 heavy (non-hydrogen) atoms. The first-order valence-corrected chi connectivity index (χ1v) is 7.55.